The van der Waals surface area contributed by atoms with Gasteiger partial charge in [0.25, 0.3) is 0 Å². The maximum Gasteiger partial charge on any atom is 0.213 e. The number of pyridine rings is 1. The van der Waals surface area contributed by atoms with Crippen LogP contribution >= 0.6 is 0 Å². The van der Waals surface area contributed by atoms with Crippen molar-refractivity contribution in [1.82, 2.24) is 4.98 Å². The molecule has 1 aromatic carbocycles. The van der Waals surface area contributed by atoms with E-state index >= 15 is 0 Å². The summed E-state index contributed by atoms with van der Waals surface area (Å²) in [5.74, 6) is 0.194. The first kappa shape index (κ1) is 10.6. The Morgan fingerprint density at radius 1 is 1.25 bits per heavy atom. The van der Waals surface area contributed by atoms with Crippen molar-refractivity contribution in [3.8, 4) is 0 Å². The van der Waals surface area contributed by atoms with Crippen LogP contribution < -0.4 is 0 Å². The van der Waals surface area contributed by atoms with Gasteiger partial charge in [0.1, 0.15) is 0 Å². The molecular weight excluding hydrogens is 200 g/mol. The molecule has 16 heavy (non-hydrogen) atoms. The molecule has 3 heteroatoms. The van der Waals surface area contributed by atoms with Gasteiger partial charge < -0.3 is 4.74 Å². The largest absolute Gasteiger partial charge is 0.481 e. The molecule has 0 radical (unpaired) electrons. The Balaban J connectivity index is 2.87. The zero-order valence-corrected chi connectivity index (χ0v) is 9.66. The molecule has 1 aromatic heterocycles. The summed E-state index contributed by atoms with van der Waals surface area (Å²) in [4.78, 5) is 4.50. The second-order valence-electron chi connectivity index (χ2n) is 3.75. The molecule has 0 amide bonds. The first-order valence-electron chi connectivity index (χ1n) is 5.14. The predicted octanol–water partition coefficient (Wildman–Crippen LogP) is 2.82. The Bertz CT molecular complexity index is 561. The molecule has 1 heterocycles. The average molecular weight is 214 g/mol. The van der Waals surface area contributed by atoms with Gasteiger partial charge >= 0.3 is 0 Å². The van der Waals surface area contributed by atoms with Crippen molar-refractivity contribution in [2.24, 2.45) is 0 Å². The van der Waals surface area contributed by atoms with E-state index in [-0.39, 0.29) is 5.90 Å². The summed E-state index contributed by atoms with van der Waals surface area (Å²) in [6, 6.07) is 7.82. The molecule has 0 unspecified atom stereocenters. The van der Waals surface area contributed by atoms with Crippen molar-refractivity contribution in [2.45, 2.75) is 13.8 Å². The first-order valence-corrected chi connectivity index (χ1v) is 5.14. The van der Waals surface area contributed by atoms with Crippen LogP contribution in [0.15, 0.2) is 24.3 Å². The van der Waals surface area contributed by atoms with Crippen LogP contribution in [0.2, 0.25) is 0 Å². The molecule has 0 aliphatic carbocycles. The highest BCUT2D eigenvalue weighted by Gasteiger charge is 2.13. The van der Waals surface area contributed by atoms with Gasteiger partial charge in [0.05, 0.1) is 18.2 Å². The van der Waals surface area contributed by atoms with E-state index in [1.807, 2.05) is 38.1 Å². The van der Waals surface area contributed by atoms with Gasteiger partial charge in [0, 0.05) is 11.1 Å². The maximum absolute atomic E-state index is 7.85. The molecule has 0 bridgehead atoms. The lowest BCUT2D eigenvalue weighted by Gasteiger charge is -2.12. The highest BCUT2D eigenvalue weighted by atomic mass is 16.5. The number of rotatable bonds is 1. The Morgan fingerprint density at radius 2 is 1.94 bits per heavy atom. The Hall–Kier alpha value is -1.90. The van der Waals surface area contributed by atoms with Crippen molar-refractivity contribution in [1.29, 1.82) is 5.41 Å². The second-order valence-corrected chi connectivity index (χ2v) is 3.75. The molecule has 3 nitrogen and oxygen atoms in total. The number of hydrogen-bond donors (Lipinski definition) is 1. The number of nitrogens with one attached hydrogen (secondary N) is 1. The molecule has 2 aromatic rings. The summed E-state index contributed by atoms with van der Waals surface area (Å²) in [5, 5.41) is 8.82. The highest BCUT2D eigenvalue weighted by Crippen LogP contribution is 2.23. The second kappa shape index (κ2) is 3.93. The topological polar surface area (TPSA) is 46.0 Å². The molecule has 0 spiro atoms. The number of methoxy groups -OCH3 is 1. The number of nitrogens with zero attached hydrogens (tertiary/aromatic N) is 1. The van der Waals surface area contributed by atoms with Crippen LogP contribution in [0, 0.1) is 19.3 Å². The lowest BCUT2D eigenvalue weighted by atomic mass is 10.0. The van der Waals surface area contributed by atoms with Crippen LogP contribution in [-0.2, 0) is 4.74 Å². The van der Waals surface area contributed by atoms with Crippen LogP contribution in [-0.4, -0.2) is 18.0 Å². The van der Waals surface area contributed by atoms with E-state index < -0.39 is 0 Å². The molecule has 0 aliphatic heterocycles. The van der Waals surface area contributed by atoms with Gasteiger partial charge in [-0.3, -0.25) is 10.4 Å². The number of hydrogen-bond acceptors (Lipinski definition) is 3. The predicted molar refractivity (Wildman–Crippen MR) is 65.1 cm³/mol. The fourth-order valence-corrected chi connectivity index (χ4v) is 1.82. The van der Waals surface area contributed by atoms with E-state index in [4.69, 9.17) is 10.1 Å². The minimum atomic E-state index is 0.194. The standard InChI is InChI=1S/C13H14N2O/c1-8-9(2)15-11-7-5-4-6-10(11)12(8)13(14)16-3/h4-7,14H,1-3H3. The van der Waals surface area contributed by atoms with Crippen molar-refractivity contribution in [3.63, 3.8) is 0 Å². The molecule has 0 atom stereocenters. The minimum absolute atomic E-state index is 0.194. The fraction of sp³-hybridized carbons (Fsp3) is 0.231. The third-order valence-corrected chi connectivity index (χ3v) is 2.81. The smallest absolute Gasteiger partial charge is 0.213 e. The lowest BCUT2D eigenvalue weighted by molar-refractivity contribution is 0.401. The summed E-state index contributed by atoms with van der Waals surface area (Å²) in [6.45, 7) is 3.92. The number of fused-ring (bicyclic) bond motifs is 1. The van der Waals surface area contributed by atoms with Crippen molar-refractivity contribution < 1.29 is 4.74 Å². The summed E-state index contributed by atoms with van der Waals surface area (Å²) < 4.78 is 5.04. The third-order valence-electron chi connectivity index (χ3n) is 2.81. The quantitative estimate of drug-likeness (QED) is 0.586. The Kier molecular flexibility index (Phi) is 2.60. The average Bonchev–Trinajstić information content (AvgIpc) is 2.30. The van der Waals surface area contributed by atoms with E-state index in [9.17, 15) is 0 Å². The van der Waals surface area contributed by atoms with Crippen LogP contribution in [0.3, 0.4) is 0 Å². The lowest BCUT2D eigenvalue weighted by Crippen LogP contribution is -2.07. The third kappa shape index (κ3) is 1.54. The zero-order chi connectivity index (χ0) is 11.7. The highest BCUT2D eigenvalue weighted by molar-refractivity contribution is 6.06. The summed E-state index contributed by atoms with van der Waals surface area (Å²) in [6.07, 6.45) is 0. The summed E-state index contributed by atoms with van der Waals surface area (Å²) in [7, 11) is 1.52. The number of aromatic nitrogens is 1. The van der Waals surface area contributed by atoms with E-state index in [0.717, 1.165) is 27.7 Å². The van der Waals surface area contributed by atoms with Crippen LogP contribution in [0.1, 0.15) is 16.8 Å². The first-order chi connectivity index (χ1) is 7.65. The number of benzene rings is 1. The fourth-order valence-electron chi connectivity index (χ4n) is 1.82. The molecule has 0 aliphatic rings. The summed E-state index contributed by atoms with van der Waals surface area (Å²) >= 11 is 0. The van der Waals surface area contributed by atoms with Crippen molar-refractivity contribution in [3.05, 3.63) is 41.1 Å². The van der Waals surface area contributed by atoms with Gasteiger partial charge in [0.15, 0.2) is 0 Å². The molecule has 0 saturated heterocycles. The van der Waals surface area contributed by atoms with Gasteiger partial charge in [-0.1, -0.05) is 18.2 Å². The molecule has 1 N–H and O–H groups in total. The van der Waals surface area contributed by atoms with Crippen LogP contribution in [0.4, 0.5) is 0 Å². The normalized spacial score (nSPS) is 10.4. The van der Waals surface area contributed by atoms with Crippen LogP contribution in [0.25, 0.3) is 10.9 Å². The van der Waals surface area contributed by atoms with Gasteiger partial charge in [-0.25, -0.2) is 0 Å². The number of para-hydroxylation sites is 1. The van der Waals surface area contributed by atoms with E-state index in [1.54, 1.807) is 0 Å². The molecule has 0 saturated carbocycles. The molecule has 82 valence electrons. The van der Waals surface area contributed by atoms with Gasteiger partial charge in [-0.2, -0.15) is 0 Å². The monoisotopic (exact) mass is 214 g/mol. The molecule has 0 fully saturated rings. The van der Waals surface area contributed by atoms with E-state index in [2.05, 4.69) is 4.98 Å². The Labute approximate surface area is 94.6 Å². The number of ether oxygens (including phenoxy) is 1. The summed E-state index contributed by atoms with van der Waals surface area (Å²) in [5.41, 5.74) is 3.69. The van der Waals surface area contributed by atoms with E-state index in [1.165, 1.54) is 7.11 Å². The SMILES string of the molecule is COC(=N)c1c(C)c(C)nc2ccccc12. The van der Waals surface area contributed by atoms with Crippen molar-refractivity contribution in [2.75, 3.05) is 7.11 Å². The van der Waals surface area contributed by atoms with Gasteiger partial charge in [-0.15, -0.1) is 0 Å². The Morgan fingerprint density at radius 3 is 2.62 bits per heavy atom. The minimum Gasteiger partial charge on any atom is -0.481 e. The van der Waals surface area contributed by atoms with Gasteiger partial charge in [0.2, 0.25) is 5.90 Å². The number of aryl methyl sites for hydroxylation is 1. The maximum atomic E-state index is 7.85. The van der Waals surface area contributed by atoms with Gasteiger partial charge in [-0.05, 0) is 25.5 Å². The molecular formula is C13H14N2O. The zero-order valence-electron chi connectivity index (χ0n) is 9.66. The van der Waals surface area contributed by atoms with Crippen molar-refractivity contribution >= 4 is 16.8 Å². The van der Waals surface area contributed by atoms with Crippen LogP contribution in [0.5, 0.6) is 0 Å². The molecule has 2 rings (SSSR count). The van der Waals surface area contributed by atoms with E-state index in [0.29, 0.717) is 0 Å².